The zero-order valence-electron chi connectivity index (χ0n) is 17.7. The molecule has 1 N–H and O–H groups in total. The summed E-state index contributed by atoms with van der Waals surface area (Å²) in [6.45, 7) is 7.80. The van der Waals surface area contributed by atoms with Crippen LogP contribution in [0.5, 0.6) is 0 Å². The molecule has 1 aromatic carbocycles. The molecule has 0 spiro atoms. The molecule has 2 heterocycles. The molecule has 7 heteroatoms. The summed E-state index contributed by atoms with van der Waals surface area (Å²) in [5.74, 6) is -1.73. The lowest BCUT2D eigenvalue weighted by atomic mass is 10.1. The second-order valence-electron chi connectivity index (χ2n) is 8.67. The van der Waals surface area contributed by atoms with Crippen LogP contribution >= 0.6 is 0 Å². The second kappa shape index (κ2) is 8.38. The summed E-state index contributed by atoms with van der Waals surface area (Å²) in [6, 6.07) is 3.48. The Hall–Kier alpha value is -2.41. The van der Waals surface area contributed by atoms with Gasteiger partial charge >= 0.3 is 5.97 Å². The summed E-state index contributed by atoms with van der Waals surface area (Å²) >= 11 is 0. The third-order valence-corrected chi connectivity index (χ3v) is 6.43. The monoisotopic (exact) mass is 415 g/mol. The molecular weight excluding hydrogens is 385 g/mol. The number of carboxylic acid groups (broad SMARTS) is 1. The van der Waals surface area contributed by atoms with Crippen LogP contribution in [-0.4, -0.2) is 52.8 Å². The van der Waals surface area contributed by atoms with Crippen molar-refractivity contribution in [3.05, 3.63) is 39.9 Å². The van der Waals surface area contributed by atoms with Crippen molar-refractivity contribution in [2.75, 3.05) is 31.1 Å². The fourth-order valence-corrected chi connectivity index (χ4v) is 4.52. The maximum Gasteiger partial charge on any atom is 0.341 e. The number of carboxylic acids is 1. The SMILES string of the molecule is CCCCCN1CCN(c2cc3c(cc2F)c(=O)c(C(=O)O)cn3C2CC2)CC1C. The molecule has 2 aromatic rings. The summed E-state index contributed by atoms with van der Waals surface area (Å²) < 4.78 is 16.9. The van der Waals surface area contributed by atoms with Gasteiger partial charge in [-0.3, -0.25) is 9.69 Å². The molecule has 30 heavy (non-hydrogen) atoms. The van der Waals surface area contributed by atoms with Crippen molar-refractivity contribution in [3.63, 3.8) is 0 Å². The number of hydrogen-bond acceptors (Lipinski definition) is 4. The maximum atomic E-state index is 15.1. The van der Waals surface area contributed by atoms with Crippen molar-refractivity contribution in [1.82, 2.24) is 9.47 Å². The molecule has 0 radical (unpaired) electrons. The first-order valence-corrected chi connectivity index (χ1v) is 11.0. The molecule has 2 fully saturated rings. The van der Waals surface area contributed by atoms with Gasteiger partial charge in [-0.15, -0.1) is 0 Å². The summed E-state index contributed by atoms with van der Waals surface area (Å²) in [5, 5.41) is 9.54. The molecular formula is C23H30FN3O3. The lowest BCUT2D eigenvalue weighted by Crippen LogP contribution is -2.52. The van der Waals surface area contributed by atoms with Gasteiger partial charge in [0.2, 0.25) is 5.43 Å². The topological polar surface area (TPSA) is 65.8 Å². The number of anilines is 1. The Morgan fingerprint density at radius 3 is 2.63 bits per heavy atom. The first-order chi connectivity index (χ1) is 14.4. The van der Waals surface area contributed by atoms with E-state index >= 15 is 4.39 Å². The van der Waals surface area contributed by atoms with Gasteiger partial charge < -0.3 is 14.6 Å². The van der Waals surface area contributed by atoms with E-state index in [1.807, 2.05) is 4.57 Å². The largest absolute Gasteiger partial charge is 0.477 e. The van der Waals surface area contributed by atoms with E-state index in [1.165, 1.54) is 31.5 Å². The predicted octanol–water partition coefficient (Wildman–Crippen LogP) is 3.87. The minimum absolute atomic E-state index is 0.148. The molecule has 1 aliphatic carbocycles. The molecule has 2 aliphatic rings. The highest BCUT2D eigenvalue weighted by Gasteiger charge is 2.29. The van der Waals surface area contributed by atoms with Gasteiger partial charge in [-0.05, 0) is 44.9 Å². The zero-order chi connectivity index (χ0) is 21.4. The van der Waals surface area contributed by atoms with Crippen LogP contribution in [-0.2, 0) is 0 Å². The van der Waals surface area contributed by atoms with Crippen molar-refractivity contribution in [2.45, 2.75) is 58.0 Å². The molecule has 6 nitrogen and oxygen atoms in total. The van der Waals surface area contributed by atoms with Crippen LogP contribution in [0.15, 0.2) is 23.1 Å². The Labute approximate surface area is 175 Å². The molecule has 1 atom stereocenters. The van der Waals surface area contributed by atoms with Crippen molar-refractivity contribution >= 4 is 22.6 Å². The van der Waals surface area contributed by atoms with Gasteiger partial charge in [-0.1, -0.05) is 19.8 Å². The van der Waals surface area contributed by atoms with Crippen molar-refractivity contribution < 1.29 is 14.3 Å². The van der Waals surface area contributed by atoms with E-state index in [2.05, 4.69) is 23.6 Å². The first-order valence-electron chi connectivity index (χ1n) is 11.0. The number of aromatic carboxylic acids is 1. The van der Waals surface area contributed by atoms with E-state index < -0.39 is 17.2 Å². The number of nitrogens with zero attached hydrogens (tertiary/aromatic N) is 3. The van der Waals surface area contributed by atoms with Gasteiger partial charge in [0.1, 0.15) is 11.4 Å². The van der Waals surface area contributed by atoms with Gasteiger partial charge in [-0.2, -0.15) is 0 Å². The second-order valence-corrected chi connectivity index (χ2v) is 8.67. The highest BCUT2D eigenvalue weighted by Crippen LogP contribution is 2.38. The van der Waals surface area contributed by atoms with Crippen molar-refractivity contribution in [2.24, 2.45) is 0 Å². The number of rotatable bonds is 7. The van der Waals surface area contributed by atoms with Crippen LogP contribution in [0.4, 0.5) is 10.1 Å². The smallest absolute Gasteiger partial charge is 0.341 e. The number of halogens is 1. The van der Waals surface area contributed by atoms with E-state index in [4.69, 9.17) is 0 Å². The van der Waals surface area contributed by atoms with E-state index in [0.717, 1.165) is 39.0 Å². The number of carbonyl (C=O) groups is 1. The number of fused-ring (bicyclic) bond motifs is 1. The quantitative estimate of drug-likeness (QED) is 0.696. The molecule has 4 rings (SSSR count). The van der Waals surface area contributed by atoms with Crippen molar-refractivity contribution in [3.8, 4) is 0 Å². The van der Waals surface area contributed by atoms with Crippen LogP contribution in [0.25, 0.3) is 10.9 Å². The third kappa shape index (κ3) is 3.95. The number of hydrogen-bond donors (Lipinski definition) is 1. The average molecular weight is 416 g/mol. The first kappa shape index (κ1) is 20.8. The van der Waals surface area contributed by atoms with Crippen LogP contribution in [0.1, 0.15) is 62.4 Å². The summed E-state index contributed by atoms with van der Waals surface area (Å²) in [4.78, 5) is 28.7. The van der Waals surface area contributed by atoms with Crippen LogP contribution < -0.4 is 10.3 Å². The third-order valence-electron chi connectivity index (χ3n) is 6.43. The molecule has 0 amide bonds. The zero-order valence-corrected chi connectivity index (χ0v) is 17.7. The lowest BCUT2D eigenvalue weighted by Gasteiger charge is -2.41. The normalized spacial score (nSPS) is 20.1. The number of benzene rings is 1. The van der Waals surface area contributed by atoms with Gasteiger partial charge in [-0.25, -0.2) is 9.18 Å². The van der Waals surface area contributed by atoms with E-state index in [1.54, 1.807) is 6.07 Å². The molecule has 162 valence electrons. The van der Waals surface area contributed by atoms with Gasteiger partial charge in [0.15, 0.2) is 0 Å². The van der Waals surface area contributed by atoms with Crippen molar-refractivity contribution in [1.29, 1.82) is 0 Å². The molecule has 1 saturated heterocycles. The number of pyridine rings is 1. The van der Waals surface area contributed by atoms with E-state index in [-0.39, 0.29) is 17.0 Å². The maximum absolute atomic E-state index is 15.1. The lowest BCUT2D eigenvalue weighted by molar-refractivity contribution is 0.0695. The minimum atomic E-state index is -1.27. The van der Waals surface area contributed by atoms with Crippen LogP contribution in [0, 0.1) is 5.82 Å². The standard InChI is InChI=1S/C23H30FN3O3/c1-3-4-5-8-25-9-10-26(13-15(25)2)21-12-20-17(11-19(21)24)22(28)18(23(29)30)14-27(20)16-6-7-16/h11-12,14-16H,3-10,13H2,1-2H3,(H,29,30). The number of aromatic nitrogens is 1. The minimum Gasteiger partial charge on any atom is -0.477 e. The predicted molar refractivity (Wildman–Crippen MR) is 116 cm³/mol. The highest BCUT2D eigenvalue weighted by atomic mass is 19.1. The fourth-order valence-electron chi connectivity index (χ4n) is 4.52. The average Bonchev–Trinajstić information content (AvgIpc) is 3.54. The number of piperazine rings is 1. The van der Waals surface area contributed by atoms with Gasteiger partial charge in [0, 0.05) is 43.3 Å². The van der Waals surface area contributed by atoms with E-state index in [9.17, 15) is 14.7 Å². The van der Waals surface area contributed by atoms with Gasteiger partial charge in [0.05, 0.1) is 11.2 Å². The summed E-state index contributed by atoms with van der Waals surface area (Å²) in [7, 11) is 0. The van der Waals surface area contributed by atoms with Crippen LogP contribution in [0.3, 0.4) is 0 Å². The molecule has 1 aliphatic heterocycles. The molecule has 0 bridgehead atoms. The summed E-state index contributed by atoms with van der Waals surface area (Å²) in [6.07, 6.45) is 6.92. The molecule has 1 saturated carbocycles. The Bertz CT molecular complexity index is 1010. The molecule has 1 aromatic heterocycles. The Kier molecular flexibility index (Phi) is 5.82. The van der Waals surface area contributed by atoms with Crippen LogP contribution in [0.2, 0.25) is 0 Å². The number of unbranched alkanes of at least 4 members (excludes halogenated alkanes) is 2. The van der Waals surface area contributed by atoms with Gasteiger partial charge in [0.25, 0.3) is 0 Å². The summed E-state index contributed by atoms with van der Waals surface area (Å²) in [5.41, 5.74) is 0.214. The Morgan fingerprint density at radius 2 is 2.00 bits per heavy atom. The Morgan fingerprint density at radius 1 is 1.23 bits per heavy atom. The fraction of sp³-hybridized carbons (Fsp3) is 0.565. The highest BCUT2D eigenvalue weighted by molar-refractivity contribution is 5.93. The Balaban J connectivity index is 1.67. The molecule has 1 unspecified atom stereocenters. The van der Waals surface area contributed by atoms with E-state index in [0.29, 0.717) is 17.2 Å².